The summed E-state index contributed by atoms with van der Waals surface area (Å²) in [5.41, 5.74) is 1.01. The van der Waals surface area contributed by atoms with Gasteiger partial charge < -0.3 is 0 Å². The van der Waals surface area contributed by atoms with Gasteiger partial charge in [-0.1, -0.05) is 6.07 Å². The molecule has 0 spiro atoms. The molecule has 2 aromatic carbocycles. The molecule has 1 atom stereocenters. The fourth-order valence-corrected chi connectivity index (χ4v) is 25.3. The van der Waals surface area contributed by atoms with Gasteiger partial charge in [-0.05, 0) is 0 Å². The van der Waals surface area contributed by atoms with Crippen LogP contribution in [0.25, 0.3) is 0 Å². The first kappa shape index (κ1) is 30.8. The summed E-state index contributed by atoms with van der Waals surface area (Å²) in [6, 6.07) is 18.1. The summed E-state index contributed by atoms with van der Waals surface area (Å²) in [7, 11) is -3.56. The van der Waals surface area contributed by atoms with Gasteiger partial charge in [-0.15, -0.1) is 0 Å². The topological polar surface area (TPSA) is 34.1 Å². The summed E-state index contributed by atoms with van der Waals surface area (Å²) in [5, 5.41) is 0. The molecule has 1 aliphatic rings. The summed E-state index contributed by atoms with van der Waals surface area (Å²) in [5.74, 6) is 6.51. The van der Waals surface area contributed by atoms with Crippen LogP contribution in [-0.2, 0) is 9.84 Å². The first-order chi connectivity index (χ1) is 18.4. The third kappa shape index (κ3) is 7.45. The zero-order valence-electron chi connectivity index (χ0n) is 23.6. The molecule has 0 aromatic heterocycles. The zero-order chi connectivity index (χ0) is 27.3. The van der Waals surface area contributed by atoms with Crippen molar-refractivity contribution in [1.82, 2.24) is 0 Å². The molecule has 1 aliphatic carbocycles. The van der Waals surface area contributed by atoms with Gasteiger partial charge in [0, 0.05) is 0 Å². The second kappa shape index (κ2) is 15.1. The van der Waals surface area contributed by atoms with Crippen molar-refractivity contribution in [3.63, 3.8) is 0 Å². The van der Waals surface area contributed by atoms with Gasteiger partial charge in [0.2, 0.25) is 0 Å². The molecule has 2 nitrogen and oxygen atoms in total. The summed E-state index contributed by atoms with van der Waals surface area (Å²) in [6.45, 7) is 8.63. The average molecular weight is 638 g/mol. The second-order valence-corrected chi connectivity index (χ2v) is 26.0. The van der Waals surface area contributed by atoms with Crippen molar-refractivity contribution >= 4 is 31.8 Å². The summed E-state index contributed by atoms with van der Waals surface area (Å²) < 4.78 is 33.3. The molecule has 0 saturated heterocycles. The van der Waals surface area contributed by atoms with Crippen LogP contribution >= 0.6 is 0 Å². The van der Waals surface area contributed by atoms with Gasteiger partial charge in [-0.3, -0.25) is 0 Å². The van der Waals surface area contributed by atoms with Crippen molar-refractivity contribution in [1.29, 1.82) is 0 Å². The molecular formula is C34H46O2SSn. The predicted molar refractivity (Wildman–Crippen MR) is 166 cm³/mol. The van der Waals surface area contributed by atoms with Gasteiger partial charge in [-0.2, -0.15) is 0 Å². The SMILES string of the molecule is C=C[CH2][Sn]([CH2]CCC)([CH2]CCC)[c]1ccccc1S(=O)(=O)C1(CCCC#Cc2ccccc2)C=CCCC1. The Hall–Kier alpha value is -1.77. The maximum absolute atomic E-state index is 14.7. The molecule has 0 heterocycles. The molecule has 204 valence electrons. The Morgan fingerprint density at radius 2 is 1.66 bits per heavy atom. The summed E-state index contributed by atoms with van der Waals surface area (Å²) in [6.07, 6.45) is 15.5. The molecule has 0 amide bonds. The van der Waals surface area contributed by atoms with Gasteiger partial charge >= 0.3 is 232 Å². The van der Waals surface area contributed by atoms with Crippen molar-refractivity contribution in [3.8, 4) is 11.8 Å². The molecular weight excluding hydrogens is 591 g/mol. The molecule has 0 aliphatic heterocycles. The van der Waals surface area contributed by atoms with Crippen molar-refractivity contribution in [2.45, 2.75) is 101 Å². The van der Waals surface area contributed by atoms with Crippen LogP contribution in [0, 0.1) is 11.8 Å². The van der Waals surface area contributed by atoms with Gasteiger partial charge in [0.05, 0.1) is 0 Å². The van der Waals surface area contributed by atoms with E-state index < -0.39 is 33.0 Å². The fourth-order valence-electron chi connectivity index (χ4n) is 6.00. The Bertz CT molecular complexity index is 1210. The van der Waals surface area contributed by atoms with Crippen LogP contribution in [-0.4, -0.2) is 31.5 Å². The third-order valence-corrected chi connectivity index (χ3v) is 26.2. The molecule has 3 rings (SSSR count). The Morgan fingerprint density at radius 1 is 0.974 bits per heavy atom. The van der Waals surface area contributed by atoms with E-state index >= 15 is 0 Å². The first-order valence-corrected chi connectivity index (χ1v) is 23.6. The molecule has 1 unspecified atom stereocenters. The van der Waals surface area contributed by atoms with E-state index in [1.807, 2.05) is 48.5 Å². The maximum atomic E-state index is 14.7. The monoisotopic (exact) mass is 638 g/mol. The summed E-state index contributed by atoms with van der Waals surface area (Å²) >= 11 is -3.06. The van der Waals surface area contributed by atoms with E-state index in [1.54, 1.807) is 0 Å². The van der Waals surface area contributed by atoms with E-state index in [1.165, 1.54) is 25.3 Å². The third-order valence-electron chi connectivity index (χ3n) is 8.14. The zero-order valence-corrected chi connectivity index (χ0v) is 27.2. The Kier molecular flexibility index (Phi) is 12.3. The number of allylic oxidation sites excluding steroid dienone is 2. The number of hydrogen-bond acceptors (Lipinski definition) is 2. The van der Waals surface area contributed by atoms with E-state index in [-0.39, 0.29) is 0 Å². The van der Waals surface area contributed by atoms with Crippen LogP contribution in [0.3, 0.4) is 0 Å². The van der Waals surface area contributed by atoms with E-state index in [2.05, 4.69) is 56.6 Å². The summed E-state index contributed by atoms with van der Waals surface area (Å²) in [4.78, 5) is 0.631. The van der Waals surface area contributed by atoms with Crippen LogP contribution in [0.5, 0.6) is 0 Å². The van der Waals surface area contributed by atoms with Crippen LogP contribution in [0.1, 0.15) is 83.6 Å². The van der Waals surface area contributed by atoms with Gasteiger partial charge in [0.1, 0.15) is 0 Å². The molecule has 0 N–H and O–H groups in total. The molecule has 0 saturated carbocycles. The number of rotatable bonds is 14. The van der Waals surface area contributed by atoms with Crippen LogP contribution < -0.4 is 3.58 Å². The molecule has 38 heavy (non-hydrogen) atoms. The van der Waals surface area contributed by atoms with Crippen molar-refractivity contribution in [2.24, 2.45) is 0 Å². The van der Waals surface area contributed by atoms with Crippen LogP contribution in [0.2, 0.25) is 13.3 Å². The van der Waals surface area contributed by atoms with Gasteiger partial charge in [-0.25, -0.2) is 0 Å². The van der Waals surface area contributed by atoms with E-state index in [9.17, 15) is 8.42 Å². The molecule has 2 aromatic rings. The Balaban J connectivity index is 1.98. The number of hydrogen-bond donors (Lipinski definition) is 0. The Morgan fingerprint density at radius 3 is 2.29 bits per heavy atom. The predicted octanol–water partition coefficient (Wildman–Crippen LogP) is 8.60. The molecule has 0 bridgehead atoms. The molecule has 0 fully saturated rings. The second-order valence-electron chi connectivity index (χ2n) is 10.9. The number of unbranched alkanes of at least 4 members (excludes halogenated alkanes) is 3. The van der Waals surface area contributed by atoms with Gasteiger partial charge in [0.15, 0.2) is 0 Å². The van der Waals surface area contributed by atoms with E-state index in [0.29, 0.717) is 24.2 Å². The first-order valence-electron chi connectivity index (χ1n) is 14.6. The van der Waals surface area contributed by atoms with E-state index in [0.717, 1.165) is 42.1 Å². The number of sulfone groups is 1. The van der Waals surface area contributed by atoms with E-state index in [4.69, 9.17) is 0 Å². The van der Waals surface area contributed by atoms with Crippen molar-refractivity contribution in [3.05, 3.63) is 85.0 Å². The van der Waals surface area contributed by atoms with Crippen LogP contribution in [0.15, 0.2) is 84.3 Å². The standard InChI is InChI=1S/C23H23O2S.2C4H9.C3H5.Sn/c24-26(25,22-16-8-2-9-17-22)23(19-11-4-12-20-23)18-10-3-7-15-21-13-5-1-6-14-21;2*1-3-4-2;1-3-2;/h1-2,5-6,8-9,11,13-14,16,19H,3-4,10,12,18,20H2;2*1,3-4H2,2H3;3H,1-2H2;. The van der Waals surface area contributed by atoms with Crippen LogP contribution in [0.4, 0.5) is 0 Å². The quantitative estimate of drug-likeness (QED) is 0.0900. The van der Waals surface area contributed by atoms with Crippen molar-refractivity contribution in [2.75, 3.05) is 0 Å². The van der Waals surface area contributed by atoms with Crippen molar-refractivity contribution < 1.29 is 8.42 Å². The minimum absolute atomic E-state index is 0.623. The van der Waals surface area contributed by atoms with Gasteiger partial charge in [0.25, 0.3) is 0 Å². The number of benzene rings is 2. The fraction of sp³-hybridized carbons (Fsp3) is 0.471. The normalized spacial score (nSPS) is 17.5. The molecule has 0 radical (unpaired) electrons. The Labute approximate surface area is 236 Å². The minimum atomic E-state index is -3.56. The average Bonchev–Trinajstić information content (AvgIpc) is 2.95. The molecule has 4 heteroatoms.